The molecule has 0 fully saturated rings. The Morgan fingerprint density at radius 2 is 1.80 bits per heavy atom. The number of rotatable bonds is 4. The summed E-state index contributed by atoms with van der Waals surface area (Å²) in [7, 11) is 0. The van der Waals surface area contributed by atoms with E-state index in [4.69, 9.17) is 18.0 Å². The minimum Gasteiger partial charge on any atom is -0.389 e. The average Bonchev–Trinajstić information content (AvgIpc) is 2.39. The van der Waals surface area contributed by atoms with Gasteiger partial charge in [0.1, 0.15) is 16.6 Å². The number of anilines is 1. The van der Waals surface area contributed by atoms with Gasteiger partial charge in [0.25, 0.3) is 0 Å². The number of hydrogen-bond donors (Lipinski definition) is 2. The summed E-state index contributed by atoms with van der Waals surface area (Å²) in [6.45, 7) is 1.91. The number of thiocarbonyl (C=S) groups is 1. The van der Waals surface area contributed by atoms with Gasteiger partial charge in [-0.3, -0.25) is 0 Å². The number of nitrogens with one attached hydrogen (secondary N) is 1. The standard InChI is InChI=1S/C15H14F2N2S/c1-9(10-2-4-11(16)5-3-10)19-12-6-7-13(15(18)20)14(17)8-12/h2-9,19H,1H3,(H2,18,20). The maximum Gasteiger partial charge on any atom is 0.135 e. The van der Waals surface area contributed by atoms with Gasteiger partial charge in [0, 0.05) is 17.3 Å². The van der Waals surface area contributed by atoms with Crippen molar-refractivity contribution < 1.29 is 8.78 Å². The van der Waals surface area contributed by atoms with E-state index in [-0.39, 0.29) is 22.4 Å². The number of nitrogens with two attached hydrogens (primary N) is 1. The van der Waals surface area contributed by atoms with E-state index in [0.717, 1.165) is 5.56 Å². The molecule has 5 heteroatoms. The third kappa shape index (κ3) is 3.30. The molecule has 0 radical (unpaired) electrons. The van der Waals surface area contributed by atoms with Crippen molar-refractivity contribution in [2.75, 3.05) is 5.32 Å². The molecule has 0 saturated carbocycles. The molecule has 0 aliphatic heterocycles. The molecule has 2 aromatic rings. The Balaban J connectivity index is 2.15. The minimum absolute atomic E-state index is 0.0284. The van der Waals surface area contributed by atoms with Gasteiger partial charge >= 0.3 is 0 Å². The van der Waals surface area contributed by atoms with Gasteiger partial charge in [0.05, 0.1) is 0 Å². The lowest BCUT2D eigenvalue weighted by molar-refractivity contribution is 0.625. The van der Waals surface area contributed by atoms with E-state index < -0.39 is 5.82 Å². The highest BCUT2D eigenvalue weighted by Crippen LogP contribution is 2.21. The summed E-state index contributed by atoms with van der Waals surface area (Å²) >= 11 is 4.75. The van der Waals surface area contributed by atoms with Gasteiger partial charge < -0.3 is 11.1 Å². The molecule has 1 unspecified atom stereocenters. The van der Waals surface area contributed by atoms with Crippen LogP contribution in [0, 0.1) is 11.6 Å². The average molecular weight is 292 g/mol. The number of hydrogen-bond acceptors (Lipinski definition) is 2. The fourth-order valence-corrected chi connectivity index (χ4v) is 2.06. The van der Waals surface area contributed by atoms with Crippen molar-refractivity contribution in [3.8, 4) is 0 Å². The largest absolute Gasteiger partial charge is 0.389 e. The highest BCUT2D eigenvalue weighted by Gasteiger charge is 2.09. The predicted octanol–water partition coefficient (Wildman–Crippen LogP) is 3.77. The van der Waals surface area contributed by atoms with Gasteiger partial charge in [-0.2, -0.15) is 0 Å². The summed E-state index contributed by atoms with van der Waals surface area (Å²) in [6.07, 6.45) is 0. The Bertz CT molecular complexity index is 626. The van der Waals surface area contributed by atoms with Crippen LogP contribution in [0.2, 0.25) is 0 Å². The van der Waals surface area contributed by atoms with Gasteiger partial charge in [-0.25, -0.2) is 8.78 Å². The molecule has 2 nitrogen and oxygen atoms in total. The summed E-state index contributed by atoms with van der Waals surface area (Å²) in [6, 6.07) is 10.7. The molecule has 104 valence electrons. The van der Waals surface area contributed by atoms with Crippen LogP contribution in [-0.4, -0.2) is 4.99 Å². The summed E-state index contributed by atoms with van der Waals surface area (Å²) in [5.41, 5.74) is 7.15. The first-order valence-corrected chi connectivity index (χ1v) is 6.49. The number of halogens is 2. The molecule has 2 aromatic carbocycles. The van der Waals surface area contributed by atoms with Crippen molar-refractivity contribution in [3.05, 3.63) is 65.2 Å². The van der Waals surface area contributed by atoms with Gasteiger partial charge in [-0.1, -0.05) is 24.4 Å². The van der Waals surface area contributed by atoms with E-state index in [1.807, 2.05) is 6.92 Å². The summed E-state index contributed by atoms with van der Waals surface area (Å²) < 4.78 is 26.6. The molecule has 0 saturated heterocycles. The lowest BCUT2D eigenvalue weighted by atomic mass is 10.1. The fourth-order valence-electron chi connectivity index (χ4n) is 1.89. The van der Waals surface area contributed by atoms with Crippen LogP contribution in [-0.2, 0) is 0 Å². The van der Waals surface area contributed by atoms with E-state index in [9.17, 15) is 8.78 Å². The van der Waals surface area contributed by atoms with Crippen molar-refractivity contribution >= 4 is 22.9 Å². The highest BCUT2D eigenvalue weighted by molar-refractivity contribution is 7.80. The molecule has 2 rings (SSSR count). The van der Waals surface area contributed by atoms with Crippen molar-refractivity contribution in [1.82, 2.24) is 0 Å². The molecule has 0 amide bonds. The molecule has 0 aromatic heterocycles. The topological polar surface area (TPSA) is 38.0 Å². The molecular weight excluding hydrogens is 278 g/mol. The monoisotopic (exact) mass is 292 g/mol. The first kappa shape index (κ1) is 14.4. The first-order chi connectivity index (χ1) is 9.47. The highest BCUT2D eigenvalue weighted by atomic mass is 32.1. The van der Waals surface area contributed by atoms with Gasteiger partial charge in [0.2, 0.25) is 0 Å². The summed E-state index contributed by atoms with van der Waals surface area (Å²) in [5.74, 6) is -0.749. The Hall–Kier alpha value is -2.01. The van der Waals surface area contributed by atoms with Crippen LogP contribution in [0.25, 0.3) is 0 Å². The van der Waals surface area contributed by atoms with Crippen molar-refractivity contribution in [2.24, 2.45) is 5.73 Å². The quantitative estimate of drug-likeness (QED) is 0.842. The Labute approximate surface area is 121 Å². The van der Waals surface area contributed by atoms with Gasteiger partial charge in [0.15, 0.2) is 0 Å². The maximum absolute atomic E-state index is 13.7. The normalized spacial score (nSPS) is 11.9. The second-order valence-electron chi connectivity index (χ2n) is 4.48. The predicted molar refractivity (Wildman–Crippen MR) is 80.7 cm³/mol. The lowest BCUT2D eigenvalue weighted by Gasteiger charge is -2.16. The molecule has 0 aliphatic carbocycles. The molecule has 0 aliphatic rings. The fraction of sp³-hybridized carbons (Fsp3) is 0.133. The van der Waals surface area contributed by atoms with Crippen LogP contribution < -0.4 is 11.1 Å². The molecular formula is C15H14F2N2S. The second-order valence-corrected chi connectivity index (χ2v) is 4.92. The van der Waals surface area contributed by atoms with Crippen LogP contribution in [0.1, 0.15) is 24.1 Å². The first-order valence-electron chi connectivity index (χ1n) is 6.08. The van der Waals surface area contributed by atoms with Crippen LogP contribution in [0.3, 0.4) is 0 Å². The third-order valence-corrected chi connectivity index (χ3v) is 3.21. The van der Waals surface area contributed by atoms with Crippen LogP contribution >= 0.6 is 12.2 Å². The Morgan fingerprint density at radius 1 is 1.15 bits per heavy atom. The smallest absolute Gasteiger partial charge is 0.135 e. The molecule has 0 heterocycles. The lowest BCUT2D eigenvalue weighted by Crippen LogP contribution is -2.12. The van der Waals surface area contributed by atoms with Crippen LogP contribution in [0.5, 0.6) is 0 Å². The van der Waals surface area contributed by atoms with E-state index in [1.54, 1.807) is 18.2 Å². The zero-order valence-corrected chi connectivity index (χ0v) is 11.7. The molecule has 0 spiro atoms. The zero-order valence-electron chi connectivity index (χ0n) is 10.9. The zero-order chi connectivity index (χ0) is 14.7. The second kappa shape index (κ2) is 5.96. The Kier molecular flexibility index (Phi) is 4.29. The van der Waals surface area contributed by atoms with E-state index in [2.05, 4.69) is 5.32 Å². The van der Waals surface area contributed by atoms with E-state index in [1.165, 1.54) is 24.3 Å². The van der Waals surface area contributed by atoms with Crippen LogP contribution in [0.4, 0.5) is 14.5 Å². The van der Waals surface area contributed by atoms with Gasteiger partial charge in [-0.05, 0) is 42.8 Å². The number of benzene rings is 2. The summed E-state index contributed by atoms with van der Waals surface area (Å²) in [5, 5.41) is 3.14. The molecule has 1 atom stereocenters. The van der Waals surface area contributed by atoms with E-state index >= 15 is 0 Å². The van der Waals surface area contributed by atoms with Crippen molar-refractivity contribution in [3.63, 3.8) is 0 Å². The third-order valence-electron chi connectivity index (χ3n) is 2.99. The Morgan fingerprint density at radius 3 is 2.35 bits per heavy atom. The van der Waals surface area contributed by atoms with E-state index in [0.29, 0.717) is 5.69 Å². The van der Waals surface area contributed by atoms with Gasteiger partial charge in [-0.15, -0.1) is 0 Å². The van der Waals surface area contributed by atoms with Crippen LogP contribution in [0.15, 0.2) is 42.5 Å². The SMILES string of the molecule is CC(Nc1ccc(C(N)=S)c(F)c1)c1ccc(F)cc1. The van der Waals surface area contributed by atoms with Crippen molar-refractivity contribution in [2.45, 2.75) is 13.0 Å². The minimum atomic E-state index is -0.464. The maximum atomic E-state index is 13.7. The molecule has 0 bridgehead atoms. The van der Waals surface area contributed by atoms with Crippen molar-refractivity contribution in [1.29, 1.82) is 0 Å². The molecule has 3 N–H and O–H groups in total. The molecule has 20 heavy (non-hydrogen) atoms. The summed E-state index contributed by atoms with van der Waals surface area (Å²) in [4.78, 5) is 0.0284.